The first kappa shape index (κ1) is 26.1. The summed E-state index contributed by atoms with van der Waals surface area (Å²) in [7, 11) is 0. The second-order valence-corrected chi connectivity index (χ2v) is 9.36. The highest BCUT2D eigenvalue weighted by molar-refractivity contribution is 5.80. The summed E-state index contributed by atoms with van der Waals surface area (Å²) in [6.07, 6.45) is 13.0. The minimum Gasteiger partial charge on any atom is -0.354 e. The first-order valence-electron chi connectivity index (χ1n) is 11.5. The summed E-state index contributed by atoms with van der Waals surface area (Å²) in [6, 6.07) is 0.277. The molecule has 0 aliphatic carbocycles. The van der Waals surface area contributed by atoms with Gasteiger partial charge in [-0.2, -0.15) is 0 Å². The van der Waals surface area contributed by atoms with Crippen molar-refractivity contribution < 1.29 is 9.59 Å². The normalized spacial score (nSPS) is 13.8. The maximum atomic E-state index is 12.0. The van der Waals surface area contributed by atoms with Crippen molar-refractivity contribution in [3.05, 3.63) is 0 Å². The van der Waals surface area contributed by atoms with Crippen LogP contribution in [0.3, 0.4) is 0 Å². The molecule has 0 bridgehead atoms. The van der Waals surface area contributed by atoms with Crippen molar-refractivity contribution in [3.8, 4) is 0 Å². The SMILES string of the molecule is CC(C)CCCCCC(=O)NC(C)CCC(C)CCCCCC(=O)C(C)C. The molecular weight excluding hydrogens is 334 g/mol. The molecule has 0 aromatic carbocycles. The van der Waals surface area contributed by atoms with E-state index in [9.17, 15) is 9.59 Å². The molecule has 0 aromatic rings. The maximum absolute atomic E-state index is 12.0. The van der Waals surface area contributed by atoms with E-state index in [0.717, 1.165) is 38.0 Å². The van der Waals surface area contributed by atoms with E-state index in [-0.39, 0.29) is 17.9 Å². The minimum absolute atomic E-state index is 0.181. The molecular formula is C24H47NO2. The Labute approximate surface area is 169 Å². The number of nitrogens with one attached hydrogen (secondary N) is 1. The Kier molecular flexibility index (Phi) is 15.6. The molecule has 0 aliphatic rings. The van der Waals surface area contributed by atoms with Crippen LogP contribution in [-0.4, -0.2) is 17.7 Å². The third-order valence-electron chi connectivity index (χ3n) is 5.45. The van der Waals surface area contributed by atoms with Gasteiger partial charge in [0, 0.05) is 24.8 Å². The minimum atomic E-state index is 0.181. The Balaban J connectivity index is 3.62. The topological polar surface area (TPSA) is 46.2 Å². The van der Waals surface area contributed by atoms with Gasteiger partial charge >= 0.3 is 0 Å². The number of carbonyl (C=O) groups excluding carboxylic acids is 2. The second kappa shape index (κ2) is 16.1. The lowest BCUT2D eigenvalue weighted by Gasteiger charge is -2.17. The standard InChI is InChI=1S/C24H47NO2/c1-19(2)13-9-7-12-16-24(27)25-22(6)18-17-21(5)14-10-8-11-15-23(26)20(3)4/h19-22H,7-18H2,1-6H3,(H,25,27). The van der Waals surface area contributed by atoms with E-state index >= 15 is 0 Å². The smallest absolute Gasteiger partial charge is 0.220 e. The predicted octanol–water partition coefficient (Wildman–Crippen LogP) is 6.69. The molecule has 0 saturated carbocycles. The van der Waals surface area contributed by atoms with Crippen molar-refractivity contribution in [2.24, 2.45) is 17.8 Å². The van der Waals surface area contributed by atoms with Crippen LogP contribution in [0, 0.1) is 17.8 Å². The fourth-order valence-corrected chi connectivity index (χ4v) is 3.37. The molecule has 0 heterocycles. The zero-order chi connectivity index (χ0) is 20.7. The van der Waals surface area contributed by atoms with Crippen molar-refractivity contribution >= 4 is 11.7 Å². The number of Topliss-reactive ketones (excluding diaryl/α,β-unsaturated/α-hetero) is 1. The van der Waals surface area contributed by atoms with Crippen LogP contribution in [0.1, 0.15) is 119 Å². The Morgan fingerprint density at radius 1 is 0.667 bits per heavy atom. The first-order valence-corrected chi connectivity index (χ1v) is 11.5. The highest BCUT2D eigenvalue weighted by atomic mass is 16.1. The van der Waals surface area contributed by atoms with Gasteiger partial charge in [-0.3, -0.25) is 9.59 Å². The van der Waals surface area contributed by atoms with Crippen LogP contribution in [0.2, 0.25) is 0 Å². The van der Waals surface area contributed by atoms with Gasteiger partial charge in [-0.15, -0.1) is 0 Å². The van der Waals surface area contributed by atoms with Crippen molar-refractivity contribution in [3.63, 3.8) is 0 Å². The number of rotatable bonds is 17. The van der Waals surface area contributed by atoms with E-state index in [1.807, 2.05) is 13.8 Å². The summed E-state index contributed by atoms with van der Waals surface area (Å²) in [5.41, 5.74) is 0. The van der Waals surface area contributed by atoms with Crippen LogP contribution in [-0.2, 0) is 9.59 Å². The molecule has 2 atom stereocenters. The third-order valence-corrected chi connectivity index (χ3v) is 5.45. The largest absolute Gasteiger partial charge is 0.354 e. The van der Waals surface area contributed by atoms with Gasteiger partial charge < -0.3 is 5.32 Å². The number of ketones is 1. The third kappa shape index (κ3) is 17.0. The van der Waals surface area contributed by atoms with E-state index in [4.69, 9.17) is 0 Å². The van der Waals surface area contributed by atoms with Gasteiger partial charge in [0.05, 0.1) is 0 Å². The maximum Gasteiger partial charge on any atom is 0.220 e. The number of unbranched alkanes of at least 4 members (excludes halogenated alkanes) is 4. The van der Waals surface area contributed by atoms with Crippen LogP contribution in [0.4, 0.5) is 0 Å². The Morgan fingerprint density at radius 2 is 1.26 bits per heavy atom. The van der Waals surface area contributed by atoms with Gasteiger partial charge in [0.1, 0.15) is 5.78 Å². The van der Waals surface area contributed by atoms with Crippen LogP contribution in [0.5, 0.6) is 0 Å². The van der Waals surface area contributed by atoms with E-state index in [2.05, 4.69) is 33.0 Å². The summed E-state index contributed by atoms with van der Waals surface area (Å²) in [4.78, 5) is 23.6. The van der Waals surface area contributed by atoms with Crippen molar-refractivity contribution in [2.45, 2.75) is 125 Å². The number of hydrogen-bond donors (Lipinski definition) is 1. The molecule has 2 unspecified atom stereocenters. The molecule has 1 amide bonds. The summed E-state index contributed by atoms with van der Waals surface area (Å²) in [5, 5.41) is 3.16. The molecule has 0 radical (unpaired) electrons. The summed E-state index contributed by atoms with van der Waals surface area (Å²) in [6.45, 7) is 12.9. The van der Waals surface area contributed by atoms with Gasteiger partial charge in [0.25, 0.3) is 0 Å². The van der Waals surface area contributed by atoms with Crippen LogP contribution in [0.25, 0.3) is 0 Å². The van der Waals surface area contributed by atoms with Crippen molar-refractivity contribution in [1.82, 2.24) is 5.32 Å². The predicted molar refractivity (Wildman–Crippen MR) is 117 cm³/mol. The molecule has 0 aromatic heterocycles. The molecule has 3 heteroatoms. The van der Waals surface area contributed by atoms with E-state index in [1.165, 1.54) is 38.5 Å². The highest BCUT2D eigenvalue weighted by Gasteiger charge is 2.10. The molecule has 27 heavy (non-hydrogen) atoms. The lowest BCUT2D eigenvalue weighted by Crippen LogP contribution is -2.32. The number of hydrogen-bond acceptors (Lipinski definition) is 2. The molecule has 0 fully saturated rings. The van der Waals surface area contributed by atoms with Crippen LogP contribution < -0.4 is 5.32 Å². The van der Waals surface area contributed by atoms with E-state index in [1.54, 1.807) is 0 Å². The number of carbonyl (C=O) groups is 2. The highest BCUT2D eigenvalue weighted by Crippen LogP contribution is 2.17. The van der Waals surface area contributed by atoms with Gasteiger partial charge in [-0.1, -0.05) is 73.1 Å². The van der Waals surface area contributed by atoms with Gasteiger partial charge in [-0.25, -0.2) is 0 Å². The lowest BCUT2D eigenvalue weighted by atomic mass is 9.95. The zero-order valence-corrected chi connectivity index (χ0v) is 19.1. The molecule has 1 N–H and O–H groups in total. The number of amides is 1. The molecule has 0 spiro atoms. The Morgan fingerprint density at radius 3 is 1.85 bits per heavy atom. The monoisotopic (exact) mass is 381 g/mol. The fraction of sp³-hybridized carbons (Fsp3) is 0.917. The summed E-state index contributed by atoms with van der Waals surface area (Å²) < 4.78 is 0. The van der Waals surface area contributed by atoms with Crippen molar-refractivity contribution in [1.29, 1.82) is 0 Å². The molecule has 0 saturated heterocycles. The van der Waals surface area contributed by atoms with Crippen molar-refractivity contribution in [2.75, 3.05) is 0 Å². The van der Waals surface area contributed by atoms with Gasteiger partial charge in [0.15, 0.2) is 0 Å². The van der Waals surface area contributed by atoms with Crippen LogP contribution >= 0.6 is 0 Å². The summed E-state index contributed by atoms with van der Waals surface area (Å²) >= 11 is 0. The molecule has 160 valence electrons. The van der Waals surface area contributed by atoms with E-state index in [0.29, 0.717) is 18.1 Å². The Hall–Kier alpha value is -0.860. The Bertz CT molecular complexity index is 390. The average Bonchev–Trinajstić information content (AvgIpc) is 2.58. The zero-order valence-electron chi connectivity index (χ0n) is 19.1. The fourth-order valence-electron chi connectivity index (χ4n) is 3.37. The molecule has 0 aliphatic heterocycles. The van der Waals surface area contributed by atoms with Gasteiger partial charge in [0.2, 0.25) is 5.91 Å². The molecule has 0 rings (SSSR count). The summed E-state index contributed by atoms with van der Waals surface area (Å²) in [5.74, 6) is 2.26. The van der Waals surface area contributed by atoms with E-state index < -0.39 is 0 Å². The second-order valence-electron chi connectivity index (χ2n) is 9.36. The first-order chi connectivity index (χ1) is 12.7. The lowest BCUT2D eigenvalue weighted by molar-refractivity contribution is -0.122. The quantitative estimate of drug-likeness (QED) is 0.285. The average molecular weight is 382 g/mol. The van der Waals surface area contributed by atoms with Gasteiger partial charge in [-0.05, 0) is 44.4 Å². The molecule has 3 nitrogen and oxygen atoms in total. The van der Waals surface area contributed by atoms with Crippen LogP contribution in [0.15, 0.2) is 0 Å².